The monoisotopic (exact) mass is 179 g/mol. The van der Waals surface area contributed by atoms with Crippen LogP contribution in [0.2, 0.25) is 0 Å². The van der Waals surface area contributed by atoms with Crippen molar-refractivity contribution in [1.29, 1.82) is 0 Å². The van der Waals surface area contributed by atoms with Crippen LogP contribution in [0.15, 0.2) is 24.3 Å². The average Bonchev–Trinajstić information content (AvgIpc) is 2.20. The van der Waals surface area contributed by atoms with Crippen molar-refractivity contribution in [1.82, 2.24) is 5.32 Å². The van der Waals surface area contributed by atoms with Gasteiger partial charge in [0, 0.05) is 6.54 Å². The fraction of sp³-hybridized carbons (Fsp3) is 0.500. The lowest BCUT2D eigenvalue weighted by molar-refractivity contribution is 0.727. The maximum atomic E-state index is 3.28. The predicted octanol–water partition coefficient (Wildman–Crippen LogP) is 3.13. The van der Waals surface area contributed by atoms with E-state index in [-0.39, 0.29) is 0 Å². The average molecular weight is 179 g/mol. The molecule has 0 atom stereocenters. The Labute approximate surface area is 82.2 Å². The number of benzene rings is 1. The number of hydrogen-bond donors (Lipinski definition) is 1. The molecular formula is C12H21N. The molecular weight excluding hydrogens is 158 g/mol. The molecule has 1 aromatic carbocycles. The lowest BCUT2D eigenvalue weighted by Crippen LogP contribution is -2.11. The molecule has 0 spiro atoms. The van der Waals surface area contributed by atoms with Crippen molar-refractivity contribution >= 4 is 0 Å². The molecule has 0 aliphatic rings. The molecule has 74 valence electrons. The van der Waals surface area contributed by atoms with Gasteiger partial charge in [-0.1, -0.05) is 50.6 Å². The molecule has 0 aliphatic carbocycles. The molecule has 1 rings (SSSR count). The van der Waals surface area contributed by atoms with Crippen molar-refractivity contribution in [3.8, 4) is 0 Å². The number of aryl methyl sites for hydroxylation is 1. The second-order valence-electron chi connectivity index (χ2n) is 2.77. The highest BCUT2D eigenvalue weighted by atomic mass is 14.8. The third-order valence-corrected chi connectivity index (χ3v) is 1.70. The molecule has 13 heavy (non-hydrogen) atoms. The first kappa shape index (κ1) is 12.2. The van der Waals surface area contributed by atoms with E-state index in [0.717, 1.165) is 13.1 Å². The summed E-state index contributed by atoms with van der Waals surface area (Å²) in [4.78, 5) is 0. The molecule has 0 heterocycles. The minimum Gasteiger partial charge on any atom is -0.313 e. The van der Waals surface area contributed by atoms with E-state index >= 15 is 0 Å². The van der Waals surface area contributed by atoms with Gasteiger partial charge in [0.2, 0.25) is 0 Å². The summed E-state index contributed by atoms with van der Waals surface area (Å²) in [6.45, 7) is 10.2. The van der Waals surface area contributed by atoms with E-state index < -0.39 is 0 Å². The van der Waals surface area contributed by atoms with E-state index in [4.69, 9.17) is 0 Å². The molecule has 0 fully saturated rings. The predicted molar refractivity (Wildman–Crippen MR) is 59.9 cm³/mol. The third-order valence-electron chi connectivity index (χ3n) is 1.70. The van der Waals surface area contributed by atoms with Crippen LogP contribution in [0.3, 0.4) is 0 Å². The van der Waals surface area contributed by atoms with E-state index in [1.54, 1.807) is 0 Å². The normalized spacial score (nSPS) is 8.92. The van der Waals surface area contributed by atoms with Crippen molar-refractivity contribution in [3.63, 3.8) is 0 Å². The summed E-state index contributed by atoms with van der Waals surface area (Å²) in [6, 6.07) is 8.62. The summed E-state index contributed by atoms with van der Waals surface area (Å²) < 4.78 is 0. The minimum absolute atomic E-state index is 0.983. The zero-order valence-electron chi connectivity index (χ0n) is 9.22. The maximum absolute atomic E-state index is 3.28. The Hall–Kier alpha value is -0.820. The first-order valence-corrected chi connectivity index (χ1v) is 5.09. The smallest absolute Gasteiger partial charge is 0.0205 e. The van der Waals surface area contributed by atoms with Gasteiger partial charge in [-0.05, 0) is 19.0 Å². The Morgan fingerprint density at radius 1 is 1.08 bits per heavy atom. The van der Waals surface area contributed by atoms with Crippen molar-refractivity contribution in [2.75, 3.05) is 6.54 Å². The molecule has 0 unspecified atom stereocenters. The topological polar surface area (TPSA) is 12.0 Å². The molecule has 1 aromatic rings. The lowest BCUT2D eigenvalue weighted by Gasteiger charge is -2.01. The maximum Gasteiger partial charge on any atom is 0.0205 e. The summed E-state index contributed by atoms with van der Waals surface area (Å²) in [5.41, 5.74) is 2.68. The van der Waals surface area contributed by atoms with E-state index in [1.165, 1.54) is 11.1 Å². The third kappa shape index (κ3) is 5.42. The minimum atomic E-state index is 0.983. The first-order valence-electron chi connectivity index (χ1n) is 5.09. The van der Waals surface area contributed by atoms with E-state index in [9.17, 15) is 0 Å². The van der Waals surface area contributed by atoms with Crippen LogP contribution in [0.25, 0.3) is 0 Å². The molecule has 0 radical (unpaired) electrons. The van der Waals surface area contributed by atoms with Crippen LogP contribution in [0.4, 0.5) is 0 Å². The van der Waals surface area contributed by atoms with Gasteiger partial charge < -0.3 is 5.32 Å². The summed E-state index contributed by atoms with van der Waals surface area (Å²) in [6.07, 6.45) is 0. The van der Waals surface area contributed by atoms with Crippen molar-refractivity contribution < 1.29 is 0 Å². The molecule has 0 amide bonds. The van der Waals surface area contributed by atoms with Gasteiger partial charge in [0.05, 0.1) is 0 Å². The molecule has 0 aliphatic heterocycles. The fourth-order valence-corrected chi connectivity index (χ4v) is 0.975. The molecule has 0 saturated heterocycles. The molecule has 1 N–H and O–H groups in total. The Morgan fingerprint density at radius 2 is 1.62 bits per heavy atom. The largest absolute Gasteiger partial charge is 0.313 e. The number of nitrogens with one attached hydrogen (secondary N) is 1. The van der Waals surface area contributed by atoms with E-state index in [2.05, 4.69) is 43.4 Å². The van der Waals surface area contributed by atoms with Crippen molar-refractivity contribution in [2.45, 2.75) is 34.2 Å². The van der Waals surface area contributed by atoms with Crippen molar-refractivity contribution in [3.05, 3.63) is 35.4 Å². The van der Waals surface area contributed by atoms with Gasteiger partial charge in [-0.15, -0.1) is 0 Å². The summed E-state index contributed by atoms with van der Waals surface area (Å²) >= 11 is 0. The van der Waals surface area contributed by atoms with Crippen LogP contribution in [-0.4, -0.2) is 6.54 Å². The fourth-order valence-electron chi connectivity index (χ4n) is 0.975. The van der Waals surface area contributed by atoms with Gasteiger partial charge in [-0.25, -0.2) is 0 Å². The zero-order chi connectivity index (χ0) is 10.1. The van der Waals surface area contributed by atoms with Gasteiger partial charge in [-0.3, -0.25) is 0 Å². The molecule has 0 aromatic heterocycles. The molecule has 1 nitrogen and oxygen atoms in total. The quantitative estimate of drug-likeness (QED) is 0.751. The number of hydrogen-bond acceptors (Lipinski definition) is 1. The molecule has 1 heteroatoms. The highest BCUT2D eigenvalue weighted by Crippen LogP contribution is 2.01. The Kier molecular flexibility index (Phi) is 7.32. The van der Waals surface area contributed by atoms with Gasteiger partial charge in [0.15, 0.2) is 0 Å². The second kappa shape index (κ2) is 7.81. The first-order chi connectivity index (χ1) is 6.33. The van der Waals surface area contributed by atoms with Crippen molar-refractivity contribution in [2.24, 2.45) is 0 Å². The van der Waals surface area contributed by atoms with Crippen LogP contribution in [0, 0.1) is 6.92 Å². The van der Waals surface area contributed by atoms with Gasteiger partial charge in [0.1, 0.15) is 0 Å². The van der Waals surface area contributed by atoms with E-state index in [0.29, 0.717) is 0 Å². The zero-order valence-corrected chi connectivity index (χ0v) is 9.22. The van der Waals surface area contributed by atoms with Gasteiger partial charge in [-0.2, -0.15) is 0 Å². The van der Waals surface area contributed by atoms with Gasteiger partial charge in [0.25, 0.3) is 0 Å². The van der Waals surface area contributed by atoms with Crippen LogP contribution < -0.4 is 5.32 Å². The Balaban J connectivity index is 0.000000671. The lowest BCUT2D eigenvalue weighted by atomic mass is 10.1. The SMILES string of the molecule is CC.CCNCc1ccc(C)cc1. The van der Waals surface area contributed by atoms with Crippen LogP contribution in [-0.2, 0) is 6.54 Å². The highest BCUT2D eigenvalue weighted by Gasteiger charge is 1.88. The Bertz CT molecular complexity index is 201. The second-order valence-corrected chi connectivity index (χ2v) is 2.77. The standard InChI is InChI=1S/C10H15N.C2H6/c1-3-11-8-10-6-4-9(2)5-7-10;1-2/h4-7,11H,3,8H2,1-2H3;1-2H3. The summed E-state index contributed by atoms with van der Waals surface area (Å²) in [7, 11) is 0. The van der Waals surface area contributed by atoms with Crippen LogP contribution in [0.1, 0.15) is 31.9 Å². The van der Waals surface area contributed by atoms with Gasteiger partial charge >= 0.3 is 0 Å². The molecule has 0 saturated carbocycles. The summed E-state index contributed by atoms with van der Waals surface area (Å²) in [5.74, 6) is 0. The number of rotatable bonds is 3. The summed E-state index contributed by atoms with van der Waals surface area (Å²) in [5, 5.41) is 3.28. The Morgan fingerprint density at radius 3 is 2.08 bits per heavy atom. The highest BCUT2D eigenvalue weighted by molar-refractivity contribution is 5.20. The van der Waals surface area contributed by atoms with Crippen LogP contribution in [0.5, 0.6) is 0 Å². The molecule has 0 bridgehead atoms. The van der Waals surface area contributed by atoms with Crippen LogP contribution >= 0.6 is 0 Å². The van der Waals surface area contributed by atoms with E-state index in [1.807, 2.05) is 13.8 Å².